The Hall–Kier alpha value is -1.09. The van der Waals surface area contributed by atoms with Gasteiger partial charge in [-0.2, -0.15) is 0 Å². The third kappa shape index (κ3) is 3.72. The fourth-order valence-corrected chi connectivity index (χ4v) is 2.78. The first-order valence-corrected chi connectivity index (χ1v) is 7.79. The molecule has 2 nitrogen and oxygen atoms in total. The van der Waals surface area contributed by atoms with Crippen LogP contribution in [-0.4, -0.2) is 26.2 Å². The van der Waals surface area contributed by atoms with Crippen LogP contribution in [-0.2, 0) is 0 Å². The van der Waals surface area contributed by atoms with Gasteiger partial charge in [0.1, 0.15) is 5.82 Å². The summed E-state index contributed by atoms with van der Waals surface area (Å²) < 4.78 is 13.9. The molecular weight excluding hydrogens is 251 g/mol. The van der Waals surface area contributed by atoms with E-state index in [4.69, 9.17) is 0 Å². The SMILES string of the molecule is CCC(CC)(CNC1CC1)CN(C)c1ccccc1F. The van der Waals surface area contributed by atoms with Crippen LogP contribution in [0.25, 0.3) is 0 Å². The molecule has 20 heavy (non-hydrogen) atoms. The first-order valence-electron chi connectivity index (χ1n) is 7.79. The summed E-state index contributed by atoms with van der Waals surface area (Å²) >= 11 is 0. The lowest BCUT2D eigenvalue weighted by Crippen LogP contribution is -2.43. The highest BCUT2D eigenvalue weighted by molar-refractivity contribution is 5.47. The molecular formula is C17H27FN2. The lowest BCUT2D eigenvalue weighted by Gasteiger charge is -2.37. The van der Waals surface area contributed by atoms with Crippen molar-refractivity contribution in [2.75, 3.05) is 25.0 Å². The Balaban J connectivity index is 2.04. The van der Waals surface area contributed by atoms with Gasteiger partial charge in [0, 0.05) is 26.2 Å². The zero-order valence-electron chi connectivity index (χ0n) is 13.0. The van der Waals surface area contributed by atoms with Crippen LogP contribution < -0.4 is 10.2 Å². The lowest BCUT2D eigenvalue weighted by atomic mass is 9.81. The summed E-state index contributed by atoms with van der Waals surface area (Å²) in [7, 11) is 2.00. The molecule has 1 aliphatic rings. The number of rotatable bonds is 8. The molecule has 1 fully saturated rings. The molecule has 1 aliphatic carbocycles. The van der Waals surface area contributed by atoms with Gasteiger partial charge < -0.3 is 10.2 Å². The Kier molecular flexibility index (Phi) is 5.03. The Morgan fingerprint density at radius 2 is 1.90 bits per heavy atom. The van der Waals surface area contributed by atoms with Gasteiger partial charge in [-0.15, -0.1) is 0 Å². The number of benzene rings is 1. The predicted octanol–water partition coefficient (Wildman–Crippen LogP) is 3.82. The minimum absolute atomic E-state index is 0.133. The van der Waals surface area contributed by atoms with E-state index in [0.717, 1.165) is 32.0 Å². The highest BCUT2D eigenvalue weighted by Gasteiger charge is 2.31. The highest BCUT2D eigenvalue weighted by atomic mass is 19.1. The van der Waals surface area contributed by atoms with Crippen LogP contribution in [0.2, 0.25) is 0 Å². The zero-order chi connectivity index (χ0) is 14.6. The molecule has 0 bridgehead atoms. The molecule has 0 amide bonds. The van der Waals surface area contributed by atoms with Gasteiger partial charge in [-0.25, -0.2) is 4.39 Å². The molecule has 0 unspecified atom stereocenters. The Morgan fingerprint density at radius 1 is 1.25 bits per heavy atom. The van der Waals surface area contributed by atoms with Crippen molar-refractivity contribution in [1.29, 1.82) is 0 Å². The van der Waals surface area contributed by atoms with E-state index in [9.17, 15) is 4.39 Å². The molecule has 1 aromatic carbocycles. The van der Waals surface area contributed by atoms with E-state index in [0.29, 0.717) is 5.69 Å². The third-order valence-electron chi connectivity index (χ3n) is 4.68. The van der Waals surface area contributed by atoms with E-state index in [1.54, 1.807) is 6.07 Å². The van der Waals surface area contributed by atoms with Crippen LogP contribution in [0.1, 0.15) is 39.5 Å². The van der Waals surface area contributed by atoms with E-state index in [1.807, 2.05) is 19.2 Å². The lowest BCUT2D eigenvalue weighted by molar-refractivity contribution is 0.254. The largest absolute Gasteiger partial charge is 0.372 e. The summed E-state index contributed by atoms with van der Waals surface area (Å²) in [5.74, 6) is -0.133. The van der Waals surface area contributed by atoms with E-state index in [2.05, 4.69) is 24.1 Å². The maximum Gasteiger partial charge on any atom is 0.146 e. The molecule has 0 aliphatic heterocycles. The summed E-state index contributed by atoms with van der Waals surface area (Å²) in [6.45, 7) is 6.41. The van der Waals surface area contributed by atoms with Crippen molar-refractivity contribution >= 4 is 5.69 Å². The second-order valence-corrected chi connectivity index (χ2v) is 6.17. The Labute approximate surface area is 122 Å². The van der Waals surface area contributed by atoms with E-state index in [-0.39, 0.29) is 11.2 Å². The number of anilines is 1. The van der Waals surface area contributed by atoms with Crippen molar-refractivity contribution in [3.63, 3.8) is 0 Å². The van der Waals surface area contributed by atoms with Crippen molar-refractivity contribution in [2.24, 2.45) is 5.41 Å². The van der Waals surface area contributed by atoms with Gasteiger partial charge in [-0.05, 0) is 43.2 Å². The van der Waals surface area contributed by atoms with Crippen LogP contribution in [0.3, 0.4) is 0 Å². The van der Waals surface area contributed by atoms with Crippen molar-refractivity contribution in [3.05, 3.63) is 30.1 Å². The fraction of sp³-hybridized carbons (Fsp3) is 0.647. The minimum atomic E-state index is -0.133. The van der Waals surface area contributed by atoms with Crippen LogP contribution in [0, 0.1) is 11.2 Å². The van der Waals surface area contributed by atoms with Gasteiger partial charge >= 0.3 is 0 Å². The first-order chi connectivity index (χ1) is 9.60. The van der Waals surface area contributed by atoms with Crippen molar-refractivity contribution < 1.29 is 4.39 Å². The molecule has 0 spiro atoms. The number of para-hydroxylation sites is 1. The van der Waals surface area contributed by atoms with Crippen LogP contribution in [0.4, 0.5) is 10.1 Å². The summed E-state index contributed by atoms with van der Waals surface area (Å²) in [6, 6.07) is 7.77. The van der Waals surface area contributed by atoms with Gasteiger partial charge in [0.25, 0.3) is 0 Å². The second kappa shape index (κ2) is 6.57. The van der Waals surface area contributed by atoms with Gasteiger partial charge in [-0.3, -0.25) is 0 Å². The molecule has 0 saturated heterocycles. The highest BCUT2D eigenvalue weighted by Crippen LogP contribution is 2.31. The molecule has 0 radical (unpaired) electrons. The molecule has 0 aromatic heterocycles. The van der Waals surface area contributed by atoms with E-state index in [1.165, 1.54) is 18.9 Å². The third-order valence-corrected chi connectivity index (χ3v) is 4.68. The monoisotopic (exact) mass is 278 g/mol. The second-order valence-electron chi connectivity index (χ2n) is 6.17. The molecule has 1 saturated carbocycles. The van der Waals surface area contributed by atoms with Gasteiger partial charge in [-0.1, -0.05) is 26.0 Å². The summed E-state index contributed by atoms with van der Waals surface area (Å²) in [4.78, 5) is 2.07. The molecule has 3 heteroatoms. The van der Waals surface area contributed by atoms with E-state index >= 15 is 0 Å². The number of nitrogens with one attached hydrogen (secondary N) is 1. The smallest absolute Gasteiger partial charge is 0.146 e. The fourth-order valence-electron chi connectivity index (χ4n) is 2.78. The zero-order valence-corrected chi connectivity index (χ0v) is 13.0. The number of hydrogen-bond donors (Lipinski definition) is 1. The molecule has 1 aromatic rings. The summed E-state index contributed by atoms with van der Waals surface area (Å²) in [5, 5.41) is 3.65. The standard InChI is InChI=1S/C17H27FN2/c1-4-17(5-2,12-19-14-10-11-14)13-20(3)16-9-7-6-8-15(16)18/h6-9,14,19H,4-5,10-13H2,1-3H3. The van der Waals surface area contributed by atoms with E-state index < -0.39 is 0 Å². The molecule has 112 valence electrons. The van der Waals surface area contributed by atoms with Gasteiger partial charge in [0.05, 0.1) is 5.69 Å². The normalized spacial score (nSPS) is 15.4. The van der Waals surface area contributed by atoms with Crippen molar-refractivity contribution in [1.82, 2.24) is 5.32 Å². The summed E-state index contributed by atoms with van der Waals surface area (Å²) in [6.07, 6.45) is 4.85. The maximum absolute atomic E-state index is 13.9. The van der Waals surface area contributed by atoms with Crippen LogP contribution in [0.15, 0.2) is 24.3 Å². The average molecular weight is 278 g/mol. The molecule has 1 N–H and O–H groups in total. The van der Waals surface area contributed by atoms with Crippen molar-refractivity contribution in [2.45, 2.75) is 45.6 Å². The quantitative estimate of drug-likeness (QED) is 0.777. The minimum Gasteiger partial charge on any atom is -0.372 e. The average Bonchev–Trinajstić information content (AvgIpc) is 3.28. The summed E-state index contributed by atoms with van der Waals surface area (Å²) in [5.41, 5.74) is 0.921. The van der Waals surface area contributed by atoms with Crippen molar-refractivity contribution in [3.8, 4) is 0 Å². The van der Waals surface area contributed by atoms with Crippen LogP contribution in [0.5, 0.6) is 0 Å². The predicted molar refractivity (Wildman–Crippen MR) is 83.7 cm³/mol. The topological polar surface area (TPSA) is 15.3 Å². The number of hydrogen-bond acceptors (Lipinski definition) is 2. The van der Waals surface area contributed by atoms with Gasteiger partial charge in [0.2, 0.25) is 0 Å². The molecule has 0 heterocycles. The number of nitrogens with zero attached hydrogens (tertiary/aromatic N) is 1. The maximum atomic E-state index is 13.9. The Bertz CT molecular complexity index is 425. The first kappa shape index (κ1) is 15.3. The van der Waals surface area contributed by atoms with Gasteiger partial charge in [0.15, 0.2) is 0 Å². The number of halogens is 1. The molecule has 0 atom stereocenters. The van der Waals surface area contributed by atoms with Crippen LogP contribution >= 0.6 is 0 Å². The Morgan fingerprint density at radius 3 is 2.45 bits per heavy atom. The molecule has 2 rings (SSSR count).